The number of hydrogen-bond donors (Lipinski definition) is 1. The first-order valence-electron chi connectivity index (χ1n) is 7.28. The Kier molecular flexibility index (Phi) is 4.58. The second kappa shape index (κ2) is 6.22. The van der Waals surface area contributed by atoms with Gasteiger partial charge in [0.25, 0.3) is 0 Å². The first-order chi connectivity index (χ1) is 9.94. The lowest BCUT2D eigenvalue weighted by atomic mass is 9.85. The van der Waals surface area contributed by atoms with E-state index in [-0.39, 0.29) is 5.41 Å². The molecule has 1 aromatic heterocycles. The quantitative estimate of drug-likeness (QED) is 0.932. The van der Waals surface area contributed by atoms with Gasteiger partial charge in [0.2, 0.25) is 5.88 Å². The van der Waals surface area contributed by atoms with Crippen LogP contribution >= 0.6 is 0 Å². The number of nitrogens with zero attached hydrogens (tertiary/aromatic N) is 2. The summed E-state index contributed by atoms with van der Waals surface area (Å²) in [7, 11) is 0. The van der Waals surface area contributed by atoms with Crippen molar-refractivity contribution in [3.8, 4) is 11.6 Å². The Morgan fingerprint density at radius 2 is 1.86 bits per heavy atom. The minimum atomic E-state index is 0.00510. The molecule has 21 heavy (non-hydrogen) atoms. The normalized spacial score (nSPS) is 11.5. The standard InChI is InChI=1S/C17H23N3O/c1-5-12-6-8-15(14(10-12)17(2,3)4)21-16-9-7-13(11-18)19-20-16/h6-10H,5,11,18H2,1-4H3. The molecule has 0 atom stereocenters. The van der Waals surface area contributed by atoms with E-state index in [0.29, 0.717) is 12.4 Å². The van der Waals surface area contributed by atoms with Crippen LogP contribution in [0.4, 0.5) is 0 Å². The summed E-state index contributed by atoms with van der Waals surface area (Å²) >= 11 is 0. The van der Waals surface area contributed by atoms with Gasteiger partial charge in [-0.05, 0) is 29.5 Å². The molecule has 0 bridgehead atoms. The maximum Gasteiger partial charge on any atom is 0.238 e. The molecule has 0 amide bonds. The van der Waals surface area contributed by atoms with Crippen molar-refractivity contribution in [1.82, 2.24) is 10.2 Å². The number of ether oxygens (including phenoxy) is 1. The molecule has 4 nitrogen and oxygen atoms in total. The van der Waals surface area contributed by atoms with Crippen molar-refractivity contribution in [2.45, 2.75) is 46.1 Å². The average molecular weight is 285 g/mol. The average Bonchev–Trinajstić information content (AvgIpc) is 2.47. The monoisotopic (exact) mass is 285 g/mol. The first kappa shape index (κ1) is 15.4. The highest BCUT2D eigenvalue weighted by molar-refractivity contribution is 5.43. The molecule has 0 saturated heterocycles. The lowest BCUT2D eigenvalue weighted by molar-refractivity contribution is 0.432. The third-order valence-corrected chi connectivity index (χ3v) is 3.38. The van der Waals surface area contributed by atoms with Crippen LogP contribution in [0, 0.1) is 0 Å². The molecule has 1 heterocycles. The van der Waals surface area contributed by atoms with E-state index in [0.717, 1.165) is 17.9 Å². The van der Waals surface area contributed by atoms with Crippen molar-refractivity contribution in [3.05, 3.63) is 47.2 Å². The fourth-order valence-electron chi connectivity index (χ4n) is 2.10. The molecule has 2 N–H and O–H groups in total. The maximum atomic E-state index is 5.92. The molecule has 0 aliphatic rings. The van der Waals surface area contributed by atoms with E-state index in [1.807, 2.05) is 12.1 Å². The summed E-state index contributed by atoms with van der Waals surface area (Å²) in [5.41, 5.74) is 8.75. The largest absolute Gasteiger partial charge is 0.437 e. The highest BCUT2D eigenvalue weighted by atomic mass is 16.5. The minimum absolute atomic E-state index is 0.00510. The highest BCUT2D eigenvalue weighted by Gasteiger charge is 2.20. The SMILES string of the molecule is CCc1ccc(Oc2ccc(CN)nn2)c(C(C)(C)C)c1. The van der Waals surface area contributed by atoms with Crippen LogP contribution in [0.25, 0.3) is 0 Å². The van der Waals surface area contributed by atoms with Gasteiger partial charge in [-0.2, -0.15) is 5.10 Å². The van der Waals surface area contributed by atoms with E-state index >= 15 is 0 Å². The summed E-state index contributed by atoms with van der Waals surface area (Å²) in [4.78, 5) is 0. The van der Waals surface area contributed by atoms with Crippen LogP contribution in [0.15, 0.2) is 30.3 Å². The molecule has 0 radical (unpaired) electrons. The van der Waals surface area contributed by atoms with Gasteiger partial charge in [0.15, 0.2) is 0 Å². The van der Waals surface area contributed by atoms with Crippen LogP contribution in [0.2, 0.25) is 0 Å². The number of aromatic nitrogens is 2. The summed E-state index contributed by atoms with van der Waals surface area (Å²) < 4.78 is 5.92. The summed E-state index contributed by atoms with van der Waals surface area (Å²) in [6.07, 6.45) is 1.01. The van der Waals surface area contributed by atoms with E-state index < -0.39 is 0 Å². The maximum absolute atomic E-state index is 5.92. The van der Waals surface area contributed by atoms with Gasteiger partial charge in [0, 0.05) is 18.2 Å². The van der Waals surface area contributed by atoms with E-state index in [2.05, 4.69) is 50.0 Å². The van der Waals surface area contributed by atoms with Crippen LogP contribution in [-0.2, 0) is 18.4 Å². The van der Waals surface area contributed by atoms with Gasteiger partial charge in [-0.1, -0.05) is 39.8 Å². The molecular formula is C17H23N3O. The molecule has 112 valence electrons. The summed E-state index contributed by atoms with van der Waals surface area (Å²) in [5.74, 6) is 1.32. The molecule has 2 rings (SSSR count). The summed E-state index contributed by atoms with van der Waals surface area (Å²) in [6.45, 7) is 9.07. The lowest BCUT2D eigenvalue weighted by Crippen LogP contribution is -2.13. The van der Waals surface area contributed by atoms with Gasteiger partial charge in [0.1, 0.15) is 5.75 Å². The van der Waals surface area contributed by atoms with E-state index in [1.165, 1.54) is 11.1 Å². The number of hydrogen-bond acceptors (Lipinski definition) is 4. The molecule has 0 aliphatic carbocycles. The van der Waals surface area contributed by atoms with Crippen molar-refractivity contribution in [2.75, 3.05) is 0 Å². The summed E-state index contributed by atoms with van der Waals surface area (Å²) in [6, 6.07) is 9.94. The molecule has 0 saturated carbocycles. The Morgan fingerprint density at radius 3 is 2.38 bits per heavy atom. The van der Waals surface area contributed by atoms with E-state index in [9.17, 15) is 0 Å². The second-order valence-corrected chi connectivity index (χ2v) is 6.10. The smallest absolute Gasteiger partial charge is 0.238 e. The van der Waals surface area contributed by atoms with Crippen LogP contribution in [0.3, 0.4) is 0 Å². The summed E-state index contributed by atoms with van der Waals surface area (Å²) in [5, 5.41) is 8.08. The third-order valence-electron chi connectivity index (χ3n) is 3.38. The van der Waals surface area contributed by atoms with Gasteiger partial charge in [-0.3, -0.25) is 0 Å². The van der Waals surface area contributed by atoms with Crippen molar-refractivity contribution in [3.63, 3.8) is 0 Å². The zero-order valence-electron chi connectivity index (χ0n) is 13.2. The van der Waals surface area contributed by atoms with E-state index in [4.69, 9.17) is 10.5 Å². The van der Waals surface area contributed by atoms with Crippen molar-refractivity contribution in [2.24, 2.45) is 5.73 Å². The Bertz CT molecular complexity index is 600. The topological polar surface area (TPSA) is 61.0 Å². The molecule has 0 aliphatic heterocycles. The Balaban J connectivity index is 2.34. The Morgan fingerprint density at radius 1 is 1.10 bits per heavy atom. The number of aryl methyl sites for hydroxylation is 1. The van der Waals surface area contributed by atoms with E-state index in [1.54, 1.807) is 6.07 Å². The molecule has 0 fully saturated rings. The lowest BCUT2D eigenvalue weighted by Gasteiger charge is -2.23. The fourth-order valence-corrected chi connectivity index (χ4v) is 2.10. The fraction of sp³-hybridized carbons (Fsp3) is 0.412. The number of benzene rings is 1. The molecule has 2 aromatic rings. The van der Waals surface area contributed by atoms with Crippen molar-refractivity contribution < 1.29 is 4.74 Å². The number of nitrogens with two attached hydrogens (primary N) is 1. The van der Waals surface area contributed by atoms with Crippen LogP contribution in [-0.4, -0.2) is 10.2 Å². The predicted molar refractivity (Wildman–Crippen MR) is 84.5 cm³/mol. The molecule has 0 spiro atoms. The van der Waals surface area contributed by atoms with Gasteiger partial charge < -0.3 is 10.5 Å². The first-order valence-corrected chi connectivity index (χ1v) is 7.28. The predicted octanol–water partition coefficient (Wildman–Crippen LogP) is 3.59. The van der Waals surface area contributed by atoms with Gasteiger partial charge >= 0.3 is 0 Å². The van der Waals surface area contributed by atoms with Crippen molar-refractivity contribution >= 4 is 0 Å². The Hall–Kier alpha value is -1.94. The Labute approximate surface area is 126 Å². The molecule has 0 unspecified atom stereocenters. The molecule has 1 aromatic carbocycles. The van der Waals surface area contributed by atoms with Crippen molar-refractivity contribution in [1.29, 1.82) is 0 Å². The van der Waals surface area contributed by atoms with Gasteiger partial charge in [0.05, 0.1) is 5.69 Å². The second-order valence-electron chi connectivity index (χ2n) is 6.10. The van der Waals surface area contributed by atoms with Crippen LogP contribution in [0.1, 0.15) is 44.5 Å². The number of rotatable bonds is 4. The van der Waals surface area contributed by atoms with Gasteiger partial charge in [-0.15, -0.1) is 5.10 Å². The zero-order valence-corrected chi connectivity index (χ0v) is 13.2. The third kappa shape index (κ3) is 3.79. The highest BCUT2D eigenvalue weighted by Crippen LogP contribution is 2.34. The van der Waals surface area contributed by atoms with Gasteiger partial charge in [-0.25, -0.2) is 0 Å². The molecular weight excluding hydrogens is 262 g/mol. The van der Waals surface area contributed by atoms with Crippen LogP contribution < -0.4 is 10.5 Å². The van der Waals surface area contributed by atoms with Crippen LogP contribution in [0.5, 0.6) is 11.6 Å². The zero-order chi connectivity index (χ0) is 15.5. The molecule has 4 heteroatoms. The minimum Gasteiger partial charge on any atom is -0.437 e.